The van der Waals surface area contributed by atoms with Crippen molar-refractivity contribution in [3.05, 3.63) is 30.3 Å². The zero-order chi connectivity index (χ0) is 14.5. The molecule has 2 fully saturated rings. The van der Waals surface area contributed by atoms with Crippen molar-refractivity contribution in [2.75, 3.05) is 32.9 Å². The molecule has 2 aliphatic rings. The number of nitrogens with zero attached hydrogens (tertiary/aromatic N) is 1. The number of ether oxygens (including phenoxy) is 3. The summed E-state index contributed by atoms with van der Waals surface area (Å²) < 4.78 is 17.0. The Kier molecular flexibility index (Phi) is 4.41. The largest absolute Gasteiger partial charge is 0.484 e. The zero-order valence-electron chi connectivity index (χ0n) is 12.1. The third-order valence-corrected chi connectivity index (χ3v) is 4.00. The molecule has 0 unspecified atom stereocenters. The van der Waals surface area contributed by atoms with Crippen LogP contribution in [0.25, 0.3) is 0 Å². The van der Waals surface area contributed by atoms with Gasteiger partial charge in [-0.2, -0.15) is 0 Å². The van der Waals surface area contributed by atoms with Crippen LogP contribution in [0.2, 0.25) is 0 Å². The van der Waals surface area contributed by atoms with Gasteiger partial charge in [-0.3, -0.25) is 4.79 Å². The van der Waals surface area contributed by atoms with Crippen LogP contribution in [-0.2, 0) is 14.3 Å². The number of carbonyl (C=O) groups is 1. The molecule has 1 amide bonds. The van der Waals surface area contributed by atoms with Gasteiger partial charge in [0.15, 0.2) is 12.4 Å². The number of hydrogen-bond donors (Lipinski definition) is 0. The Labute approximate surface area is 124 Å². The van der Waals surface area contributed by atoms with Crippen LogP contribution >= 0.6 is 0 Å². The molecule has 5 nitrogen and oxygen atoms in total. The molecule has 0 atom stereocenters. The number of carbonyl (C=O) groups excluding carboxylic acids is 1. The lowest BCUT2D eigenvalue weighted by Gasteiger charge is -2.43. The average molecular weight is 291 g/mol. The van der Waals surface area contributed by atoms with Crippen LogP contribution in [0.1, 0.15) is 19.3 Å². The molecule has 1 aromatic rings. The van der Waals surface area contributed by atoms with E-state index in [0.717, 1.165) is 38.2 Å². The van der Waals surface area contributed by atoms with Crippen molar-refractivity contribution in [1.82, 2.24) is 4.90 Å². The van der Waals surface area contributed by atoms with E-state index in [2.05, 4.69) is 0 Å². The molecule has 5 heteroatoms. The first-order chi connectivity index (χ1) is 10.3. The molecule has 0 aromatic heterocycles. The van der Waals surface area contributed by atoms with E-state index in [1.54, 1.807) is 0 Å². The zero-order valence-corrected chi connectivity index (χ0v) is 12.1. The summed E-state index contributed by atoms with van der Waals surface area (Å²) >= 11 is 0. The van der Waals surface area contributed by atoms with Crippen LogP contribution < -0.4 is 4.74 Å². The monoisotopic (exact) mass is 291 g/mol. The number of rotatable bonds is 3. The summed E-state index contributed by atoms with van der Waals surface area (Å²) in [5, 5.41) is 0. The van der Waals surface area contributed by atoms with Crippen LogP contribution in [0.4, 0.5) is 0 Å². The van der Waals surface area contributed by atoms with Crippen LogP contribution in [0.3, 0.4) is 0 Å². The third-order valence-electron chi connectivity index (χ3n) is 4.00. The van der Waals surface area contributed by atoms with Crippen molar-refractivity contribution in [1.29, 1.82) is 0 Å². The Morgan fingerprint density at radius 1 is 1.14 bits per heavy atom. The fourth-order valence-electron chi connectivity index (χ4n) is 2.76. The smallest absolute Gasteiger partial charge is 0.260 e. The van der Waals surface area contributed by atoms with Gasteiger partial charge in [0.1, 0.15) is 5.75 Å². The standard InChI is InChI=1S/C16H21NO4/c18-15(13-19-14-5-2-1-3-6-14)17-9-7-16(8-10-17)20-11-4-12-21-16/h1-3,5-6H,4,7-13H2. The molecular formula is C16H21NO4. The highest BCUT2D eigenvalue weighted by atomic mass is 16.7. The molecule has 0 radical (unpaired) electrons. The first-order valence-electron chi connectivity index (χ1n) is 7.51. The van der Waals surface area contributed by atoms with Gasteiger partial charge >= 0.3 is 0 Å². The molecule has 1 spiro atoms. The lowest BCUT2D eigenvalue weighted by Crippen LogP contribution is -2.52. The van der Waals surface area contributed by atoms with Crippen LogP contribution in [0, 0.1) is 0 Å². The quantitative estimate of drug-likeness (QED) is 0.852. The van der Waals surface area contributed by atoms with Gasteiger partial charge in [-0.1, -0.05) is 18.2 Å². The normalized spacial score (nSPS) is 21.2. The topological polar surface area (TPSA) is 48.0 Å². The van der Waals surface area contributed by atoms with E-state index in [-0.39, 0.29) is 12.5 Å². The number of likely N-dealkylation sites (tertiary alicyclic amines) is 1. The minimum absolute atomic E-state index is 0.0181. The minimum Gasteiger partial charge on any atom is -0.484 e. The van der Waals surface area contributed by atoms with Gasteiger partial charge in [0.2, 0.25) is 0 Å². The van der Waals surface area contributed by atoms with Gasteiger partial charge in [0.05, 0.1) is 13.2 Å². The van der Waals surface area contributed by atoms with E-state index in [9.17, 15) is 4.79 Å². The van der Waals surface area contributed by atoms with Crippen molar-refractivity contribution < 1.29 is 19.0 Å². The fraction of sp³-hybridized carbons (Fsp3) is 0.562. The number of piperidine rings is 1. The molecule has 2 saturated heterocycles. The van der Waals surface area contributed by atoms with E-state index >= 15 is 0 Å². The van der Waals surface area contributed by atoms with E-state index in [4.69, 9.17) is 14.2 Å². The van der Waals surface area contributed by atoms with Crippen molar-refractivity contribution in [2.24, 2.45) is 0 Å². The molecular weight excluding hydrogens is 270 g/mol. The van der Waals surface area contributed by atoms with Gasteiger partial charge in [0, 0.05) is 25.9 Å². The Balaban J connectivity index is 1.46. The maximum absolute atomic E-state index is 12.2. The first-order valence-corrected chi connectivity index (χ1v) is 7.51. The average Bonchev–Trinajstić information content (AvgIpc) is 2.55. The number of hydrogen-bond acceptors (Lipinski definition) is 4. The summed E-state index contributed by atoms with van der Waals surface area (Å²) in [6.07, 6.45) is 2.43. The SMILES string of the molecule is O=C(COc1ccccc1)N1CCC2(CC1)OCCCO2. The van der Waals surface area contributed by atoms with Gasteiger partial charge in [-0.05, 0) is 18.6 Å². The lowest BCUT2D eigenvalue weighted by atomic mass is 10.0. The summed E-state index contributed by atoms with van der Waals surface area (Å²) in [6, 6.07) is 9.40. The Hall–Kier alpha value is -1.59. The van der Waals surface area contributed by atoms with Crippen LogP contribution in [0.5, 0.6) is 5.75 Å². The highest BCUT2D eigenvalue weighted by Crippen LogP contribution is 2.30. The Morgan fingerprint density at radius 2 is 1.81 bits per heavy atom. The molecule has 2 heterocycles. The summed E-state index contributed by atoms with van der Waals surface area (Å²) in [4.78, 5) is 14.0. The van der Waals surface area contributed by atoms with Crippen molar-refractivity contribution >= 4 is 5.91 Å². The molecule has 0 aliphatic carbocycles. The second-order valence-corrected chi connectivity index (χ2v) is 5.44. The molecule has 21 heavy (non-hydrogen) atoms. The fourth-order valence-corrected chi connectivity index (χ4v) is 2.76. The van der Waals surface area contributed by atoms with E-state index < -0.39 is 5.79 Å². The molecule has 3 rings (SSSR count). The maximum atomic E-state index is 12.2. The van der Waals surface area contributed by atoms with Gasteiger partial charge < -0.3 is 19.1 Å². The van der Waals surface area contributed by atoms with Gasteiger partial charge in [0.25, 0.3) is 5.91 Å². The minimum atomic E-state index is -0.449. The van der Waals surface area contributed by atoms with E-state index in [0.29, 0.717) is 13.1 Å². The summed E-state index contributed by atoms with van der Waals surface area (Å²) in [5.41, 5.74) is 0. The predicted molar refractivity (Wildman–Crippen MR) is 77.0 cm³/mol. The maximum Gasteiger partial charge on any atom is 0.260 e. The Morgan fingerprint density at radius 3 is 2.48 bits per heavy atom. The lowest BCUT2D eigenvalue weighted by molar-refractivity contribution is -0.282. The highest BCUT2D eigenvalue weighted by molar-refractivity contribution is 5.77. The number of para-hydroxylation sites is 1. The first kappa shape index (κ1) is 14.4. The molecule has 114 valence electrons. The third kappa shape index (κ3) is 3.54. The summed E-state index contributed by atoms with van der Waals surface area (Å²) in [6.45, 7) is 2.92. The van der Waals surface area contributed by atoms with Crippen molar-refractivity contribution in [3.8, 4) is 5.75 Å². The van der Waals surface area contributed by atoms with Gasteiger partial charge in [-0.15, -0.1) is 0 Å². The van der Waals surface area contributed by atoms with Crippen LogP contribution in [-0.4, -0.2) is 49.5 Å². The number of benzene rings is 1. The summed E-state index contributed by atoms with van der Waals surface area (Å²) in [5.74, 6) is 0.290. The molecule has 0 saturated carbocycles. The van der Waals surface area contributed by atoms with E-state index in [1.165, 1.54) is 0 Å². The molecule has 0 bridgehead atoms. The molecule has 1 aromatic carbocycles. The second kappa shape index (κ2) is 6.45. The highest BCUT2D eigenvalue weighted by Gasteiger charge is 2.39. The van der Waals surface area contributed by atoms with Crippen LogP contribution in [0.15, 0.2) is 30.3 Å². The summed E-state index contributed by atoms with van der Waals surface area (Å²) in [7, 11) is 0. The van der Waals surface area contributed by atoms with E-state index in [1.807, 2.05) is 35.2 Å². The Bertz CT molecular complexity index is 460. The van der Waals surface area contributed by atoms with Crippen molar-refractivity contribution in [3.63, 3.8) is 0 Å². The van der Waals surface area contributed by atoms with Gasteiger partial charge in [-0.25, -0.2) is 0 Å². The predicted octanol–water partition coefficient (Wildman–Crippen LogP) is 1.82. The molecule has 2 aliphatic heterocycles. The van der Waals surface area contributed by atoms with Crippen molar-refractivity contribution in [2.45, 2.75) is 25.0 Å². The number of amides is 1. The molecule has 0 N–H and O–H groups in total. The second-order valence-electron chi connectivity index (χ2n) is 5.44.